The predicted octanol–water partition coefficient (Wildman–Crippen LogP) is 1.23. The summed E-state index contributed by atoms with van der Waals surface area (Å²) in [4.78, 5) is 18.1. The molecule has 0 amide bonds. The van der Waals surface area contributed by atoms with Crippen LogP contribution in [0.3, 0.4) is 0 Å². The normalized spacial score (nSPS) is 17.5. The van der Waals surface area contributed by atoms with Crippen molar-refractivity contribution < 1.29 is 0 Å². The quantitative estimate of drug-likeness (QED) is 0.766. The molecule has 4 heteroatoms. The maximum atomic E-state index is 11.4. The molecular formula is C11H17N3O. The first-order chi connectivity index (χ1) is 6.97. The van der Waals surface area contributed by atoms with Crippen LogP contribution in [0, 0.1) is 0 Å². The molecule has 1 heterocycles. The average molecular weight is 207 g/mol. The molecule has 2 rings (SSSR count). The van der Waals surface area contributed by atoms with Crippen molar-refractivity contribution in [2.24, 2.45) is 5.73 Å². The molecule has 0 bridgehead atoms. The van der Waals surface area contributed by atoms with Crippen molar-refractivity contribution in [2.45, 2.75) is 44.6 Å². The number of H-pyrrole nitrogens is 1. The fourth-order valence-corrected chi connectivity index (χ4v) is 1.75. The summed E-state index contributed by atoms with van der Waals surface area (Å²) in [6, 6.07) is 1.94. The van der Waals surface area contributed by atoms with Gasteiger partial charge in [0, 0.05) is 5.69 Å². The van der Waals surface area contributed by atoms with Gasteiger partial charge in [0.05, 0.1) is 11.2 Å². The summed E-state index contributed by atoms with van der Waals surface area (Å²) in [6.45, 7) is 3.72. The molecule has 1 saturated carbocycles. The van der Waals surface area contributed by atoms with Crippen molar-refractivity contribution in [3.63, 3.8) is 0 Å². The van der Waals surface area contributed by atoms with Gasteiger partial charge in [-0.05, 0) is 38.7 Å². The van der Waals surface area contributed by atoms with Crippen LogP contribution in [0.1, 0.15) is 50.4 Å². The Morgan fingerprint density at radius 2 is 2.20 bits per heavy atom. The zero-order valence-corrected chi connectivity index (χ0v) is 9.21. The van der Waals surface area contributed by atoms with E-state index in [0.717, 1.165) is 18.5 Å². The van der Waals surface area contributed by atoms with Gasteiger partial charge in [0.15, 0.2) is 0 Å². The lowest BCUT2D eigenvalue weighted by Gasteiger charge is -2.26. The highest BCUT2D eigenvalue weighted by Crippen LogP contribution is 2.35. The van der Waals surface area contributed by atoms with E-state index in [1.807, 2.05) is 19.9 Å². The summed E-state index contributed by atoms with van der Waals surface area (Å²) in [5.74, 6) is 0.502. The third-order valence-corrected chi connectivity index (χ3v) is 2.97. The second kappa shape index (κ2) is 3.45. The number of hydrogen-bond acceptors (Lipinski definition) is 3. The third-order valence-electron chi connectivity index (χ3n) is 2.97. The van der Waals surface area contributed by atoms with Gasteiger partial charge < -0.3 is 10.7 Å². The van der Waals surface area contributed by atoms with Gasteiger partial charge in [-0.2, -0.15) is 4.98 Å². The van der Waals surface area contributed by atoms with Gasteiger partial charge in [0.2, 0.25) is 0 Å². The third kappa shape index (κ3) is 2.09. The van der Waals surface area contributed by atoms with E-state index in [2.05, 4.69) is 9.97 Å². The monoisotopic (exact) mass is 207 g/mol. The second-order valence-corrected chi connectivity index (χ2v) is 4.88. The van der Waals surface area contributed by atoms with Crippen LogP contribution in [-0.2, 0) is 5.54 Å². The first-order valence-electron chi connectivity index (χ1n) is 5.37. The number of nitrogens with zero attached hydrogens (tertiary/aromatic N) is 1. The molecule has 0 spiro atoms. The van der Waals surface area contributed by atoms with Gasteiger partial charge in [-0.15, -0.1) is 0 Å². The summed E-state index contributed by atoms with van der Waals surface area (Å²) in [5, 5.41) is 0. The van der Waals surface area contributed by atoms with E-state index in [0.29, 0.717) is 11.6 Å². The summed E-state index contributed by atoms with van der Waals surface area (Å²) in [5.41, 5.74) is 6.78. The Balaban J connectivity index is 2.40. The second-order valence-electron chi connectivity index (χ2n) is 4.88. The standard InChI is InChI=1S/C11H17N3O/c1-11(2,12)9-6-8(7-4-3-5-7)13-10(15)14-9/h6-7H,3-5,12H2,1-2H3,(H,13,14,15). The number of aromatic amines is 1. The molecule has 0 atom stereocenters. The summed E-state index contributed by atoms with van der Waals surface area (Å²) in [7, 11) is 0. The van der Waals surface area contributed by atoms with Gasteiger partial charge >= 0.3 is 5.69 Å². The molecule has 0 aromatic carbocycles. The lowest BCUT2D eigenvalue weighted by Crippen LogP contribution is -2.33. The van der Waals surface area contributed by atoms with Crippen LogP contribution < -0.4 is 11.4 Å². The number of nitrogens with two attached hydrogens (primary N) is 1. The number of rotatable bonds is 2. The molecule has 0 unspecified atom stereocenters. The van der Waals surface area contributed by atoms with Crippen LogP contribution >= 0.6 is 0 Å². The fourth-order valence-electron chi connectivity index (χ4n) is 1.75. The van der Waals surface area contributed by atoms with Crippen LogP contribution in [0.2, 0.25) is 0 Å². The lowest BCUT2D eigenvalue weighted by atomic mass is 9.82. The minimum atomic E-state index is -0.549. The van der Waals surface area contributed by atoms with Crippen molar-refractivity contribution >= 4 is 0 Å². The van der Waals surface area contributed by atoms with E-state index in [-0.39, 0.29) is 5.69 Å². The fraction of sp³-hybridized carbons (Fsp3) is 0.636. The first kappa shape index (κ1) is 10.4. The van der Waals surface area contributed by atoms with Crippen LogP contribution in [0.15, 0.2) is 10.9 Å². The molecular weight excluding hydrogens is 190 g/mol. The molecule has 4 nitrogen and oxygen atoms in total. The van der Waals surface area contributed by atoms with E-state index >= 15 is 0 Å². The van der Waals surface area contributed by atoms with Gasteiger partial charge in [-0.3, -0.25) is 0 Å². The molecule has 0 radical (unpaired) electrons. The number of nitrogens with one attached hydrogen (secondary N) is 1. The van der Waals surface area contributed by atoms with E-state index in [1.54, 1.807) is 0 Å². The van der Waals surface area contributed by atoms with Crippen molar-refractivity contribution in [1.82, 2.24) is 9.97 Å². The molecule has 1 aromatic rings. The Bertz CT molecular complexity index is 413. The highest BCUT2D eigenvalue weighted by molar-refractivity contribution is 5.19. The van der Waals surface area contributed by atoms with Crippen LogP contribution in [0.5, 0.6) is 0 Å². The van der Waals surface area contributed by atoms with Gasteiger partial charge in [-0.1, -0.05) is 6.42 Å². The van der Waals surface area contributed by atoms with Crippen LogP contribution in [0.25, 0.3) is 0 Å². The number of hydrogen-bond donors (Lipinski definition) is 2. The Morgan fingerprint density at radius 1 is 1.53 bits per heavy atom. The van der Waals surface area contributed by atoms with Crippen molar-refractivity contribution in [3.05, 3.63) is 27.9 Å². The van der Waals surface area contributed by atoms with Crippen molar-refractivity contribution in [2.75, 3.05) is 0 Å². The van der Waals surface area contributed by atoms with Crippen molar-refractivity contribution in [3.8, 4) is 0 Å². The van der Waals surface area contributed by atoms with E-state index < -0.39 is 5.54 Å². The van der Waals surface area contributed by atoms with Crippen molar-refractivity contribution in [1.29, 1.82) is 0 Å². The molecule has 15 heavy (non-hydrogen) atoms. The van der Waals surface area contributed by atoms with Gasteiger partial charge in [0.1, 0.15) is 0 Å². The summed E-state index contributed by atoms with van der Waals surface area (Å²) >= 11 is 0. The highest BCUT2D eigenvalue weighted by atomic mass is 16.1. The van der Waals surface area contributed by atoms with E-state index in [9.17, 15) is 4.79 Å². The molecule has 0 aliphatic heterocycles. The number of aromatic nitrogens is 2. The first-order valence-corrected chi connectivity index (χ1v) is 5.37. The predicted molar refractivity (Wildman–Crippen MR) is 58.7 cm³/mol. The molecule has 1 fully saturated rings. The van der Waals surface area contributed by atoms with E-state index in [1.165, 1.54) is 6.42 Å². The molecule has 1 aliphatic carbocycles. The molecule has 0 saturated heterocycles. The van der Waals surface area contributed by atoms with Crippen LogP contribution in [0.4, 0.5) is 0 Å². The minimum Gasteiger partial charge on any atom is -0.321 e. The van der Waals surface area contributed by atoms with Gasteiger partial charge in [0.25, 0.3) is 0 Å². The summed E-state index contributed by atoms with van der Waals surface area (Å²) in [6.07, 6.45) is 3.56. The Labute approximate surface area is 88.9 Å². The highest BCUT2D eigenvalue weighted by Gasteiger charge is 2.24. The maximum Gasteiger partial charge on any atom is 0.345 e. The van der Waals surface area contributed by atoms with Crippen LogP contribution in [-0.4, -0.2) is 9.97 Å². The minimum absolute atomic E-state index is 0.284. The Hall–Kier alpha value is -1.16. The molecule has 1 aromatic heterocycles. The Kier molecular flexibility index (Phi) is 2.38. The van der Waals surface area contributed by atoms with Gasteiger partial charge in [-0.25, -0.2) is 4.79 Å². The topological polar surface area (TPSA) is 71.8 Å². The maximum absolute atomic E-state index is 11.4. The lowest BCUT2D eigenvalue weighted by molar-refractivity contribution is 0.407. The van der Waals surface area contributed by atoms with E-state index in [4.69, 9.17) is 5.73 Å². The smallest absolute Gasteiger partial charge is 0.321 e. The molecule has 1 aliphatic rings. The molecule has 82 valence electrons. The average Bonchev–Trinajstić information content (AvgIpc) is 1.97. The largest absolute Gasteiger partial charge is 0.345 e. The SMILES string of the molecule is CC(C)(N)c1cc(C2CCC2)[nH]c(=O)n1. The zero-order chi connectivity index (χ0) is 11.1. The Morgan fingerprint density at radius 3 is 2.67 bits per heavy atom. The molecule has 3 N–H and O–H groups in total. The summed E-state index contributed by atoms with van der Waals surface area (Å²) < 4.78 is 0. The zero-order valence-electron chi connectivity index (χ0n) is 9.21.